The molecule has 0 heterocycles. The second kappa shape index (κ2) is 11.5. The van der Waals surface area contributed by atoms with Gasteiger partial charge in [0.15, 0.2) is 0 Å². The highest BCUT2D eigenvalue weighted by atomic mass is 35.5. The van der Waals surface area contributed by atoms with E-state index in [1.54, 1.807) is 12.1 Å². The number of hydrogen-bond acceptors (Lipinski definition) is 1. The van der Waals surface area contributed by atoms with Crippen molar-refractivity contribution in [2.75, 3.05) is 0 Å². The fourth-order valence-corrected chi connectivity index (χ4v) is 2.99. The maximum absolute atomic E-state index is 10.9. The van der Waals surface area contributed by atoms with Gasteiger partial charge >= 0.3 is 5.97 Å². The van der Waals surface area contributed by atoms with E-state index in [2.05, 4.69) is 6.92 Å². The third-order valence-corrected chi connectivity index (χ3v) is 4.40. The summed E-state index contributed by atoms with van der Waals surface area (Å²) in [7, 11) is 0. The van der Waals surface area contributed by atoms with Crippen molar-refractivity contribution in [1.82, 2.24) is 0 Å². The SMILES string of the molecule is CCCCCCCCCCCCc1ccc(C(=O)O)c(Cl)c1. The Hall–Kier alpha value is -1.02. The Kier molecular flexibility index (Phi) is 9.98. The summed E-state index contributed by atoms with van der Waals surface area (Å²) in [5, 5.41) is 9.28. The van der Waals surface area contributed by atoms with Crippen LogP contribution in [0.5, 0.6) is 0 Å². The van der Waals surface area contributed by atoms with Crippen LogP contribution in [0, 0.1) is 0 Å². The number of carbonyl (C=O) groups is 1. The summed E-state index contributed by atoms with van der Waals surface area (Å²) < 4.78 is 0. The minimum absolute atomic E-state index is 0.188. The van der Waals surface area contributed by atoms with Crippen molar-refractivity contribution in [2.24, 2.45) is 0 Å². The first-order valence-corrected chi connectivity index (χ1v) is 9.04. The van der Waals surface area contributed by atoms with Crippen molar-refractivity contribution in [1.29, 1.82) is 0 Å². The van der Waals surface area contributed by atoms with Crippen LogP contribution in [0.2, 0.25) is 5.02 Å². The summed E-state index contributed by atoms with van der Waals surface area (Å²) in [4.78, 5) is 10.9. The molecule has 1 aromatic rings. The van der Waals surface area contributed by atoms with Crippen LogP contribution >= 0.6 is 11.6 Å². The molecule has 22 heavy (non-hydrogen) atoms. The van der Waals surface area contributed by atoms with Gasteiger partial charge in [0, 0.05) is 0 Å². The predicted octanol–water partition coefficient (Wildman–Crippen LogP) is 6.50. The number of aryl methyl sites for hydroxylation is 1. The van der Waals surface area contributed by atoms with Gasteiger partial charge in [0.25, 0.3) is 0 Å². The summed E-state index contributed by atoms with van der Waals surface area (Å²) in [6.07, 6.45) is 14.2. The summed E-state index contributed by atoms with van der Waals surface area (Å²) in [5.41, 5.74) is 1.32. The van der Waals surface area contributed by atoms with Crippen molar-refractivity contribution in [3.63, 3.8) is 0 Å². The van der Waals surface area contributed by atoms with E-state index in [9.17, 15) is 4.79 Å². The molecule has 0 bridgehead atoms. The van der Waals surface area contributed by atoms with Crippen LogP contribution in [0.1, 0.15) is 87.1 Å². The van der Waals surface area contributed by atoms with Crippen molar-refractivity contribution in [2.45, 2.75) is 77.6 Å². The zero-order valence-corrected chi connectivity index (χ0v) is 14.5. The van der Waals surface area contributed by atoms with Crippen LogP contribution in [0.4, 0.5) is 0 Å². The molecule has 0 aromatic heterocycles. The fraction of sp³-hybridized carbons (Fsp3) is 0.632. The van der Waals surface area contributed by atoms with Gasteiger partial charge in [0.1, 0.15) is 0 Å². The second-order valence-electron chi connectivity index (χ2n) is 6.05. The third kappa shape index (κ3) is 7.84. The number of halogens is 1. The van der Waals surface area contributed by atoms with E-state index in [4.69, 9.17) is 16.7 Å². The van der Waals surface area contributed by atoms with Crippen LogP contribution in [-0.4, -0.2) is 11.1 Å². The van der Waals surface area contributed by atoms with Gasteiger partial charge in [-0.3, -0.25) is 0 Å². The second-order valence-corrected chi connectivity index (χ2v) is 6.46. The molecule has 0 aliphatic rings. The maximum atomic E-state index is 10.9. The molecule has 0 unspecified atom stereocenters. The molecular weight excluding hydrogens is 296 g/mol. The monoisotopic (exact) mass is 324 g/mol. The van der Waals surface area contributed by atoms with E-state index in [1.165, 1.54) is 57.8 Å². The molecule has 0 aliphatic carbocycles. The first kappa shape index (κ1) is 19.0. The number of unbranched alkanes of at least 4 members (excludes halogenated alkanes) is 9. The normalized spacial score (nSPS) is 10.8. The van der Waals surface area contributed by atoms with Gasteiger partial charge in [-0.05, 0) is 30.5 Å². The van der Waals surface area contributed by atoms with E-state index in [0.29, 0.717) is 5.02 Å². The average Bonchev–Trinajstić information content (AvgIpc) is 2.49. The Morgan fingerprint density at radius 1 is 0.955 bits per heavy atom. The van der Waals surface area contributed by atoms with Gasteiger partial charge < -0.3 is 5.11 Å². The molecule has 3 heteroatoms. The van der Waals surface area contributed by atoms with E-state index >= 15 is 0 Å². The summed E-state index contributed by atoms with van der Waals surface area (Å²) in [6.45, 7) is 2.25. The van der Waals surface area contributed by atoms with Gasteiger partial charge in [-0.15, -0.1) is 0 Å². The van der Waals surface area contributed by atoms with Crippen molar-refractivity contribution >= 4 is 17.6 Å². The van der Waals surface area contributed by atoms with Crippen molar-refractivity contribution in [3.05, 3.63) is 34.3 Å². The van der Waals surface area contributed by atoms with Gasteiger partial charge in [-0.1, -0.05) is 82.4 Å². The number of hydrogen-bond donors (Lipinski definition) is 1. The minimum atomic E-state index is -0.963. The molecule has 1 rings (SSSR count). The molecule has 1 aromatic carbocycles. The third-order valence-electron chi connectivity index (χ3n) is 4.08. The smallest absolute Gasteiger partial charge is 0.337 e. The zero-order valence-electron chi connectivity index (χ0n) is 13.7. The van der Waals surface area contributed by atoms with Gasteiger partial charge in [0.05, 0.1) is 10.6 Å². The highest BCUT2D eigenvalue weighted by molar-refractivity contribution is 6.33. The first-order chi connectivity index (χ1) is 10.6. The first-order valence-electron chi connectivity index (χ1n) is 8.67. The molecule has 0 radical (unpaired) electrons. The van der Waals surface area contributed by atoms with Crippen molar-refractivity contribution in [3.8, 4) is 0 Å². The molecule has 1 N–H and O–H groups in total. The van der Waals surface area contributed by atoms with E-state index in [1.807, 2.05) is 6.07 Å². The van der Waals surface area contributed by atoms with Crippen LogP contribution in [0.25, 0.3) is 0 Å². The highest BCUT2D eigenvalue weighted by Crippen LogP contribution is 2.19. The lowest BCUT2D eigenvalue weighted by molar-refractivity contribution is 0.0697. The summed E-state index contributed by atoms with van der Waals surface area (Å²) in [5.74, 6) is -0.963. The number of carboxylic acid groups (broad SMARTS) is 1. The van der Waals surface area contributed by atoms with E-state index in [-0.39, 0.29) is 5.56 Å². The molecule has 0 fully saturated rings. The molecule has 0 saturated heterocycles. The van der Waals surface area contributed by atoms with Crippen LogP contribution < -0.4 is 0 Å². The van der Waals surface area contributed by atoms with E-state index in [0.717, 1.165) is 18.4 Å². The molecule has 0 aliphatic heterocycles. The Labute approximate surface area is 139 Å². The summed E-state index contributed by atoms with van der Waals surface area (Å²) in [6, 6.07) is 5.28. The molecule has 124 valence electrons. The Bertz CT molecular complexity index is 443. The van der Waals surface area contributed by atoms with Crippen LogP contribution in [-0.2, 0) is 6.42 Å². The number of carboxylic acids is 1. The number of benzene rings is 1. The molecule has 0 atom stereocenters. The summed E-state index contributed by atoms with van der Waals surface area (Å²) >= 11 is 5.98. The molecular formula is C19H29ClO2. The average molecular weight is 325 g/mol. The standard InChI is InChI=1S/C19H29ClO2/c1-2-3-4-5-6-7-8-9-10-11-12-16-13-14-17(19(21)22)18(20)15-16/h13-15H,2-12H2,1H3,(H,21,22). The van der Waals surface area contributed by atoms with Crippen molar-refractivity contribution < 1.29 is 9.90 Å². The Morgan fingerprint density at radius 2 is 1.50 bits per heavy atom. The lowest BCUT2D eigenvalue weighted by Crippen LogP contribution is -1.98. The van der Waals surface area contributed by atoms with Gasteiger partial charge in [0.2, 0.25) is 0 Å². The van der Waals surface area contributed by atoms with Gasteiger partial charge in [-0.25, -0.2) is 4.79 Å². The lowest BCUT2D eigenvalue weighted by atomic mass is 10.0. The van der Waals surface area contributed by atoms with Crippen LogP contribution in [0.3, 0.4) is 0 Å². The van der Waals surface area contributed by atoms with E-state index < -0.39 is 5.97 Å². The fourth-order valence-electron chi connectivity index (χ4n) is 2.70. The maximum Gasteiger partial charge on any atom is 0.337 e. The highest BCUT2D eigenvalue weighted by Gasteiger charge is 2.08. The molecule has 0 spiro atoms. The lowest BCUT2D eigenvalue weighted by Gasteiger charge is -2.05. The predicted molar refractivity (Wildman–Crippen MR) is 94.0 cm³/mol. The molecule has 0 amide bonds. The topological polar surface area (TPSA) is 37.3 Å². The molecule has 0 saturated carbocycles. The Balaban J connectivity index is 2.07. The number of aromatic carboxylic acids is 1. The Morgan fingerprint density at radius 3 is 2.00 bits per heavy atom. The largest absolute Gasteiger partial charge is 0.478 e. The zero-order chi connectivity index (χ0) is 16.2. The van der Waals surface area contributed by atoms with Gasteiger partial charge in [-0.2, -0.15) is 0 Å². The van der Waals surface area contributed by atoms with Crippen LogP contribution in [0.15, 0.2) is 18.2 Å². The minimum Gasteiger partial charge on any atom is -0.478 e. The molecule has 2 nitrogen and oxygen atoms in total. The quantitative estimate of drug-likeness (QED) is 0.445. The number of rotatable bonds is 12.